The lowest BCUT2D eigenvalue weighted by Gasteiger charge is -2.32. The summed E-state index contributed by atoms with van der Waals surface area (Å²) in [6, 6.07) is 9.83. The zero-order valence-electron chi connectivity index (χ0n) is 17.8. The average Bonchev–Trinajstić information content (AvgIpc) is 3.36. The first kappa shape index (κ1) is 21.8. The summed E-state index contributed by atoms with van der Waals surface area (Å²) in [6.07, 6.45) is 3.39. The van der Waals surface area contributed by atoms with E-state index in [4.69, 9.17) is 16.3 Å². The summed E-state index contributed by atoms with van der Waals surface area (Å²) in [5.74, 6) is -0.392. The molecule has 0 spiro atoms. The van der Waals surface area contributed by atoms with Gasteiger partial charge in [0, 0.05) is 28.9 Å². The number of thiophene rings is 1. The van der Waals surface area contributed by atoms with Crippen LogP contribution < -0.4 is 0 Å². The minimum Gasteiger partial charge on any atom is -0.461 e. The Kier molecular flexibility index (Phi) is 6.62. The summed E-state index contributed by atoms with van der Waals surface area (Å²) in [6.45, 7) is 5.49. The fourth-order valence-electron chi connectivity index (χ4n) is 4.11. The molecule has 0 bridgehead atoms. The van der Waals surface area contributed by atoms with Crippen LogP contribution in [0.2, 0.25) is 5.02 Å². The summed E-state index contributed by atoms with van der Waals surface area (Å²) in [5.41, 5.74) is 1.41. The standard InChI is InChI=1S/C23H26ClN3O3S/c1-3-7-16-14-18(23(29)30-4-2)25-27(16)15-10-12-26(13-11-15)22(28)21-20(24)17-8-5-6-9-19(17)31-21/h5-6,8-9,14-15H,3-4,7,10-13H2,1-2H3. The molecule has 31 heavy (non-hydrogen) atoms. The van der Waals surface area contributed by atoms with Gasteiger partial charge in [0.1, 0.15) is 4.88 Å². The molecule has 3 heterocycles. The zero-order chi connectivity index (χ0) is 22.0. The number of aromatic nitrogens is 2. The van der Waals surface area contributed by atoms with Crippen LogP contribution in [0.5, 0.6) is 0 Å². The molecule has 3 aromatic rings. The van der Waals surface area contributed by atoms with Crippen LogP contribution in [-0.4, -0.2) is 46.3 Å². The summed E-state index contributed by atoms with van der Waals surface area (Å²) < 4.78 is 8.12. The third kappa shape index (κ3) is 4.34. The van der Waals surface area contributed by atoms with Crippen molar-refractivity contribution in [2.75, 3.05) is 19.7 Å². The lowest BCUT2D eigenvalue weighted by Crippen LogP contribution is -2.39. The molecular formula is C23H26ClN3O3S. The predicted molar refractivity (Wildman–Crippen MR) is 123 cm³/mol. The maximum absolute atomic E-state index is 13.1. The van der Waals surface area contributed by atoms with Crippen molar-refractivity contribution in [2.45, 2.75) is 45.6 Å². The molecule has 0 aliphatic carbocycles. The van der Waals surface area contributed by atoms with Gasteiger partial charge in [0.15, 0.2) is 5.69 Å². The Morgan fingerprint density at radius 2 is 1.97 bits per heavy atom. The molecule has 0 radical (unpaired) electrons. The fraction of sp³-hybridized carbons (Fsp3) is 0.435. The highest BCUT2D eigenvalue weighted by Crippen LogP contribution is 2.36. The van der Waals surface area contributed by atoms with E-state index in [0.717, 1.165) is 41.5 Å². The van der Waals surface area contributed by atoms with Crippen molar-refractivity contribution >= 4 is 44.9 Å². The number of hydrogen-bond acceptors (Lipinski definition) is 5. The van der Waals surface area contributed by atoms with Gasteiger partial charge >= 0.3 is 5.97 Å². The largest absolute Gasteiger partial charge is 0.461 e. The van der Waals surface area contributed by atoms with Gasteiger partial charge in [-0.05, 0) is 38.3 Å². The average molecular weight is 460 g/mol. The van der Waals surface area contributed by atoms with E-state index in [1.165, 1.54) is 11.3 Å². The van der Waals surface area contributed by atoms with Crippen LogP contribution in [0.3, 0.4) is 0 Å². The molecule has 4 rings (SSSR count). The first-order valence-corrected chi connectivity index (χ1v) is 11.9. The minimum atomic E-state index is -0.384. The number of halogens is 1. The number of carbonyl (C=O) groups excluding carboxylic acids is 2. The van der Waals surface area contributed by atoms with Crippen molar-refractivity contribution in [1.29, 1.82) is 0 Å². The highest BCUT2D eigenvalue weighted by atomic mass is 35.5. The van der Waals surface area contributed by atoms with Crippen LogP contribution in [-0.2, 0) is 11.2 Å². The van der Waals surface area contributed by atoms with E-state index in [1.54, 1.807) is 6.92 Å². The quantitative estimate of drug-likeness (QED) is 0.465. The molecule has 2 aromatic heterocycles. The Morgan fingerprint density at radius 1 is 1.23 bits per heavy atom. The van der Waals surface area contributed by atoms with Crippen LogP contribution in [0, 0.1) is 0 Å². The first-order chi connectivity index (χ1) is 15.0. The van der Waals surface area contributed by atoms with Crippen LogP contribution in [0.1, 0.15) is 65.0 Å². The third-order valence-corrected chi connectivity index (χ3v) is 7.29. The molecule has 1 fully saturated rings. The molecular weight excluding hydrogens is 434 g/mol. The topological polar surface area (TPSA) is 64.4 Å². The maximum atomic E-state index is 13.1. The van der Waals surface area contributed by atoms with E-state index in [9.17, 15) is 9.59 Å². The van der Waals surface area contributed by atoms with Crippen LogP contribution in [0.15, 0.2) is 30.3 Å². The number of esters is 1. The second-order valence-electron chi connectivity index (χ2n) is 7.70. The second-order valence-corrected chi connectivity index (χ2v) is 9.13. The molecule has 0 N–H and O–H groups in total. The van der Waals surface area contributed by atoms with E-state index in [1.807, 2.05) is 39.9 Å². The van der Waals surface area contributed by atoms with Crippen molar-refractivity contribution in [3.63, 3.8) is 0 Å². The van der Waals surface area contributed by atoms with E-state index >= 15 is 0 Å². The molecule has 164 valence electrons. The van der Waals surface area contributed by atoms with E-state index < -0.39 is 0 Å². The number of ether oxygens (including phenoxy) is 1. The molecule has 1 aromatic carbocycles. The smallest absolute Gasteiger partial charge is 0.358 e. The zero-order valence-corrected chi connectivity index (χ0v) is 19.3. The van der Waals surface area contributed by atoms with Crippen molar-refractivity contribution in [2.24, 2.45) is 0 Å². The highest BCUT2D eigenvalue weighted by molar-refractivity contribution is 7.21. The van der Waals surface area contributed by atoms with Crippen molar-refractivity contribution in [3.8, 4) is 0 Å². The minimum absolute atomic E-state index is 0.00823. The van der Waals surface area contributed by atoms with Crippen LogP contribution >= 0.6 is 22.9 Å². The molecule has 1 saturated heterocycles. The van der Waals surface area contributed by atoms with Gasteiger partial charge in [0.05, 0.1) is 17.7 Å². The monoisotopic (exact) mass is 459 g/mol. The van der Waals surface area contributed by atoms with E-state index in [0.29, 0.717) is 35.3 Å². The van der Waals surface area contributed by atoms with Gasteiger partial charge in [-0.2, -0.15) is 5.10 Å². The van der Waals surface area contributed by atoms with Crippen molar-refractivity contribution in [3.05, 3.63) is 51.6 Å². The number of aryl methyl sites for hydroxylation is 1. The molecule has 1 aliphatic heterocycles. The van der Waals surface area contributed by atoms with Crippen molar-refractivity contribution < 1.29 is 14.3 Å². The molecule has 0 saturated carbocycles. The number of amides is 1. The van der Waals surface area contributed by atoms with Crippen LogP contribution in [0.4, 0.5) is 0 Å². The van der Waals surface area contributed by atoms with Crippen LogP contribution in [0.25, 0.3) is 10.1 Å². The van der Waals surface area contributed by atoms with E-state index in [-0.39, 0.29) is 17.9 Å². The van der Waals surface area contributed by atoms with Gasteiger partial charge in [-0.25, -0.2) is 4.79 Å². The summed E-state index contributed by atoms with van der Waals surface area (Å²) in [5, 5.41) is 6.04. The summed E-state index contributed by atoms with van der Waals surface area (Å²) >= 11 is 7.97. The summed E-state index contributed by atoms with van der Waals surface area (Å²) in [4.78, 5) is 27.8. The Hall–Kier alpha value is -2.38. The fourth-order valence-corrected chi connectivity index (χ4v) is 5.59. The molecule has 6 nitrogen and oxygen atoms in total. The molecule has 0 atom stereocenters. The van der Waals surface area contributed by atoms with Gasteiger partial charge in [0.2, 0.25) is 0 Å². The number of benzene rings is 1. The van der Waals surface area contributed by atoms with Gasteiger partial charge in [-0.1, -0.05) is 43.1 Å². The lowest BCUT2D eigenvalue weighted by molar-refractivity contribution is 0.0517. The Morgan fingerprint density at radius 3 is 2.65 bits per heavy atom. The predicted octanol–water partition coefficient (Wildman–Crippen LogP) is 5.36. The SMILES string of the molecule is CCCc1cc(C(=O)OCC)nn1C1CCN(C(=O)c2sc3ccccc3c2Cl)CC1. The van der Waals surface area contributed by atoms with Gasteiger partial charge in [-0.3, -0.25) is 9.48 Å². The molecule has 1 amide bonds. The molecule has 0 unspecified atom stereocenters. The Labute approximate surface area is 190 Å². The third-order valence-electron chi connectivity index (χ3n) is 5.63. The summed E-state index contributed by atoms with van der Waals surface area (Å²) in [7, 11) is 0. The molecule has 1 aliphatic rings. The first-order valence-electron chi connectivity index (χ1n) is 10.7. The second kappa shape index (κ2) is 9.40. The lowest BCUT2D eigenvalue weighted by atomic mass is 10.0. The van der Waals surface area contributed by atoms with Gasteiger partial charge in [-0.15, -0.1) is 11.3 Å². The number of piperidine rings is 1. The number of fused-ring (bicyclic) bond motifs is 1. The Bertz CT molecular complexity index is 1100. The normalized spacial score (nSPS) is 14.9. The van der Waals surface area contributed by atoms with Gasteiger partial charge < -0.3 is 9.64 Å². The number of rotatable bonds is 6. The van der Waals surface area contributed by atoms with Crippen molar-refractivity contribution in [1.82, 2.24) is 14.7 Å². The number of hydrogen-bond donors (Lipinski definition) is 0. The van der Waals surface area contributed by atoms with Gasteiger partial charge in [0.25, 0.3) is 5.91 Å². The molecule has 8 heteroatoms. The van der Waals surface area contributed by atoms with E-state index in [2.05, 4.69) is 12.0 Å². The number of likely N-dealkylation sites (tertiary alicyclic amines) is 1. The number of nitrogens with zero attached hydrogens (tertiary/aromatic N) is 3. The number of carbonyl (C=O) groups is 2. The maximum Gasteiger partial charge on any atom is 0.358 e. The Balaban J connectivity index is 1.48. The highest BCUT2D eigenvalue weighted by Gasteiger charge is 2.29.